The van der Waals surface area contributed by atoms with Crippen LogP contribution in [0.5, 0.6) is 0 Å². The number of benzene rings is 1. The summed E-state index contributed by atoms with van der Waals surface area (Å²) in [5.74, 6) is 5.35. The Morgan fingerprint density at radius 3 is 2.68 bits per heavy atom. The number of aromatic nitrogens is 1. The van der Waals surface area contributed by atoms with Gasteiger partial charge in [-0.15, -0.1) is 22.7 Å². The molecule has 1 amide bonds. The monoisotopic (exact) mass is 492 g/mol. The highest BCUT2D eigenvalue weighted by Gasteiger charge is 2.53. The van der Waals surface area contributed by atoms with E-state index in [4.69, 9.17) is 9.15 Å². The van der Waals surface area contributed by atoms with Crippen LogP contribution in [0.2, 0.25) is 0 Å². The molecule has 1 atom stereocenters. The van der Waals surface area contributed by atoms with Gasteiger partial charge in [-0.05, 0) is 61.8 Å². The van der Waals surface area contributed by atoms with E-state index in [2.05, 4.69) is 22.1 Å². The third-order valence-electron chi connectivity index (χ3n) is 5.84. The van der Waals surface area contributed by atoms with Gasteiger partial charge in [-0.1, -0.05) is 24.3 Å². The third kappa shape index (κ3) is 4.18. The fourth-order valence-electron chi connectivity index (χ4n) is 3.76. The zero-order valence-electron chi connectivity index (χ0n) is 18.4. The Bertz CT molecular complexity index is 1430. The largest absolute Gasteiger partial charge is 0.481 e. The summed E-state index contributed by atoms with van der Waals surface area (Å²) in [6.07, 6.45) is 1.50. The molecule has 1 saturated carbocycles. The number of hydrogen-bond acceptors (Lipinski definition) is 7. The first-order valence-electron chi connectivity index (χ1n) is 10.6. The fraction of sp³-hybridized carbons (Fsp3) is 0.240. The van der Waals surface area contributed by atoms with E-state index in [9.17, 15) is 14.7 Å². The van der Waals surface area contributed by atoms with Crippen LogP contribution in [-0.2, 0) is 14.9 Å². The van der Waals surface area contributed by atoms with E-state index in [0.717, 1.165) is 30.3 Å². The summed E-state index contributed by atoms with van der Waals surface area (Å²) in [6.45, 7) is 3.77. The minimum atomic E-state index is -0.751. The van der Waals surface area contributed by atoms with Crippen LogP contribution in [0.25, 0.3) is 9.40 Å². The molecule has 9 heteroatoms. The molecule has 7 nitrogen and oxygen atoms in total. The Hall–Kier alpha value is -3.61. The predicted molar refractivity (Wildman–Crippen MR) is 130 cm³/mol. The normalized spacial score (nSPS) is 14.8. The first kappa shape index (κ1) is 22.2. The molecular formula is C25H20N2O5S2. The summed E-state index contributed by atoms with van der Waals surface area (Å²) >= 11 is 3.01. The first-order chi connectivity index (χ1) is 16.4. The van der Waals surface area contributed by atoms with Crippen LogP contribution in [-0.4, -0.2) is 22.2 Å². The lowest BCUT2D eigenvalue weighted by Crippen LogP contribution is -2.17. The van der Waals surface area contributed by atoms with E-state index in [0.29, 0.717) is 18.5 Å². The molecule has 1 aliphatic carbocycles. The summed E-state index contributed by atoms with van der Waals surface area (Å²) in [5.41, 5.74) is 1.56. The van der Waals surface area contributed by atoms with E-state index in [1.54, 1.807) is 6.92 Å². The number of carbonyl (C=O) groups is 2. The van der Waals surface area contributed by atoms with E-state index in [1.807, 2.05) is 43.3 Å². The molecule has 1 unspecified atom stereocenters. The number of nitrogens with one attached hydrogen (secondary N) is 1. The summed E-state index contributed by atoms with van der Waals surface area (Å²) in [5, 5.41) is 12.1. The van der Waals surface area contributed by atoms with E-state index in [1.165, 1.54) is 29.1 Å². The van der Waals surface area contributed by atoms with E-state index < -0.39 is 23.6 Å². The number of rotatable bonds is 5. The van der Waals surface area contributed by atoms with Gasteiger partial charge < -0.3 is 14.3 Å². The number of hydrogen-bond donors (Lipinski definition) is 2. The Balaban J connectivity index is 1.27. The standard InChI is InChI=1S/C25H20N2O5S2/c1-14-5-3-4-6-17(14)15(2)32-24(30)27-22-18(26-13-31-22)8-7-16-11-19-20(33-16)12-21(34-19)25(9-10-25)23(28)29/h3-6,11-13,15H,9-10H2,1-2H3,(H,27,30)(H,28,29). The number of carbonyl (C=O) groups excluding carboxylic acids is 1. The minimum absolute atomic E-state index is 0.118. The van der Waals surface area contributed by atoms with Gasteiger partial charge in [-0.3, -0.25) is 10.1 Å². The first-order valence-corrected chi connectivity index (χ1v) is 12.2. The Morgan fingerprint density at radius 2 is 1.97 bits per heavy atom. The second-order valence-corrected chi connectivity index (χ2v) is 10.3. The molecule has 4 aromatic rings. The van der Waals surface area contributed by atoms with Crippen molar-refractivity contribution in [2.45, 2.75) is 38.2 Å². The van der Waals surface area contributed by atoms with Crippen molar-refractivity contribution in [2.75, 3.05) is 5.32 Å². The number of aryl methyl sites for hydroxylation is 1. The number of nitrogens with zero attached hydrogens (tertiary/aromatic N) is 1. The summed E-state index contributed by atoms with van der Waals surface area (Å²) in [6, 6.07) is 11.6. The van der Waals surface area contributed by atoms with Crippen LogP contribution in [0.15, 0.2) is 47.2 Å². The molecule has 0 spiro atoms. The lowest BCUT2D eigenvalue weighted by molar-refractivity contribution is -0.139. The molecule has 5 rings (SSSR count). The van der Waals surface area contributed by atoms with Gasteiger partial charge in [0.05, 0.1) is 4.88 Å². The number of carboxylic acids is 1. The summed E-state index contributed by atoms with van der Waals surface area (Å²) in [7, 11) is 0. The highest BCUT2D eigenvalue weighted by molar-refractivity contribution is 7.28. The lowest BCUT2D eigenvalue weighted by Gasteiger charge is -2.15. The highest BCUT2D eigenvalue weighted by Crippen LogP contribution is 2.52. The number of carboxylic acid groups (broad SMARTS) is 1. The maximum atomic E-state index is 12.4. The molecule has 172 valence electrons. The average molecular weight is 493 g/mol. The number of ether oxygens (including phenoxy) is 1. The van der Waals surface area contributed by atoms with Crippen molar-refractivity contribution in [3.05, 3.63) is 69.4 Å². The van der Waals surface area contributed by atoms with Gasteiger partial charge in [0.15, 0.2) is 12.1 Å². The molecule has 34 heavy (non-hydrogen) atoms. The van der Waals surface area contributed by atoms with Gasteiger partial charge in [-0.2, -0.15) is 0 Å². The van der Waals surface area contributed by atoms with Gasteiger partial charge >= 0.3 is 12.1 Å². The molecule has 3 heterocycles. The van der Waals surface area contributed by atoms with Crippen molar-refractivity contribution >= 4 is 50.0 Å². The molecule has 0 bridgehead atoms. The maximum absolute atomic E-state index is 12.4. The topological polar surface area (TPSA) is 102 Å². The Morgan fingerprint density at radius 1 is 1.21 bits per heavy atom. The van der Waals surface area contributed by atoms with Crippen molar-refractivity contribution in [1.82, 2.24) is 4.98 Å². The van der Waals surface area contributed by atoms with Crippen molar-refractivity contribution in [2.24, 2.45) is 0 Å². The summed E-state index contributed by atoms with van der Waals surface area (Å²) in [4.78, 5) is 29.7. The van der Waals surface area contributed by atoms with Gasteiger partial charge in [0, 0.05) is 14.3 Å². The van der Waals surface area contributed by atoms with Gasteiger partial charge in [0.2, 0.25) is 5.88 Å². The molecule has 0 saturated heterocycles. The number of amides is 1. The van der Waals surface area contributed by atoms with Crippen LogP contribution in [0, 0.1) is 18.8 Å². The molecule has 0 aliphatic heterocycles. The number of oxazole rings is 1. The highest BCUT2D eigenvalue weighted by atomic mass is 32.1. The van der Waals surface area contributed by atoms with Crippen LogP contribution in [0.1, 0.15) is 52.4 Å². The van der Waals surface area contributed by atoms with Gasteiger partial charge in [0.25, 0.3) is 0 Å². The Kier molecular flexibility index (Phi) is 5.63. The Labute approximate surface area is 203 Å². The van der Waals surface area contributed by atoms with Crippen molar-refractivity contribution in [3.8, 4) is 11.8 Å². The molecular weight excluding hydrogens is 472 g/mol. The van der Waals surface area contributed by atoms with Crippen LogP contribution in [0.3, 0.4) is 0 Å². The quantitative estimate of drug-likeness (QED) is 0.327. The third-order valence-corrected chi connectivity index (χ3v) is 8.25. The van der Waals surface area contributed by atoms with E-state index in [-0.39, 0.29) is 5.88 Å². The molecule has 2 N–H and O–H groups in total. The van der Waals surface area contributed by atoms with Gasteiger partial charge in [-0.25, -0.2) is 9.78 Å². The molecule has 1 fully saturated rings. The zero-order valence-corrected chi connectivity index (χ0v) is 20.0. The van der Waals surface area contributed by atoms with E-state index >= 15 is 0 Å². The number of fused-ring (bicyclic) bond motifs is 1. The fourth-order valence-corrected chi connectivity index (χ4v) is 6.25. The van der Waals surface area contributed by atoms with Crippen molar-refractivity contribution in [1.29, 1.82) is 0 Å². The second-order valence-electron chi connectivity index (χ2n) is 8.15. The lowest BCUT2D eigenvalue weighted by atomic mass is 10.1. The number of anilines is 1. The number of thiophene rings is 2. The van der Waals surface area contributed by atoms with Gasteiger partial charge in [0.1, 0.15) is 11.5 Å². The SMILES string of the molecule is Cc1ccccc1C(C)OC(=O)Nc1ocnc1C#Cc1cc2sc(C3(C(=O)O)CC3)cc2s1. The van der Waals surface area contributed by atoms with Crippen molar-refractivity contribution < 1.29 is 23.8 Å². The zero-order chi connectivity index (χ0) is 23.9. The van der Waals surface area contributed by atoms with Crippen LogP contribution < -0.4 is 5.32 Å². The molecule has 1 aliphatic rings. The molecule has 1 aromatic carbocycles. The smallest absolute Gasteiger partial charge is 0.414 e. The van der Waals surface area contributed by atoms with Crippen molar-refractivity contribution in [3.63, 3.8) is 0 Å². The molecule has 0 radical (unpaired) electrons. The average Bonchev–Trinajstić information content (AvgIpc) is 3.12. The van der Waals surface area contributed by atoms with Crippen LogP contribution in [0.4, 0.5) is 10.7 Å². The minimum Gasteiger partial charge on any atom is -0.481 e. The maximum Gasteiger partial charge on any atom is 0.414 e. The number of aliphatic carboxylic acids is 1. The second kappa shape index (κ2) is 8.63. The van der Waals surface area contributed by atoms with Crippen LogP contribution >= 0.6 is 22.7 Å². The summed E-state index contributed by atoms with van der Waals surface area (Å²) < 4.78 is 12.8. The molecule has 3 aromatic heterocycles. The predicted octanol–water partition coefficient (Wildman–Crippen LogP) is 6.08.